The number of rotatable bonds is 3. The van der Waals surface area contributed by atoms with Gasteiger partial charge in [0.1, 0.15) is 0 Å². The van der Waals surface area contributed by atoms with Crippen molar-refractivity contribution in [3.8, 4) is 0 Å². The molecule has 0 N–H and O–H groups in total. The van der Waals surface area contributed by atoms with Gasteiger partial charge in [-0.2, -0.15) is 0 Å². The minimum Gasteiger partial charge on any atom is -0.374 e. The van der Waals surface area contributed by atoms with Crippen LogP contribution < -0.4 is 0 Å². The van der Waals surface area contributed by atoms with Gasteiger partial charge in [-0.25, -0.2) is 0 Å². The highest BCUT2D eigenvalue weighted by Crippen LogP contribution is 2.29. The van der Waals surface area contributed by atoms with Gasteiger partial charge >= 0.3 is 0 Å². The standard InChI is InChI=1S/C13H18O/c1-5-12(13(2,3)14-4)11-9-7-6-8-10-11/h5-10H,1-4H3/b12-5-. The number of hydrogen-bond acceptors (Lipinski definition) is 1. The molecule has 14 heavy (non-hydrogen) atoms. The Morgan fingerprint density at radius 3 is 2.21 bits per heavy atom. The molecule has 0 atom stereocenters. The average molecular weight is 190 g/mol. The Morgan fingerprint density at radius 2 is 1.79 bits per heavy atom. The fourth-order valence-corrected chi connectivity index (χ4v) is 1.59. The van der Waals surface area contributed by atoms with Crippen LogP contribution in [0.1, 0.15) is 26.3 Å². The van der Waals surface area contributed by atoms with Gasteiger partial charge in [-0.15, -0.1) is 0 Å². The number of benzene rings is 1. The Morgan fingerprint density at radius 1 is 1.21 bits per heavy atom. The first-order valence-electron chi connectivity index (χ1n) is 4.89. The van der Waals surface area contributed by atoms with E-state index >= 15 is 0 Å². The van der Waals surface area contributed by atoms with Gasteiger partial charge in [0.15, 0.2) is 0 Å². The van der Waals surface area contributed by atoms with E-state index in [-0.39, 0.29) is 5.60 Å². The van der Waals surface area contributed by atoms with Crippen LogP contribution in [-0.2, 0) is 4.74 Å². The zero-order chi connectivity index (χ0) is 10.6. The molecule has 1 heteroatoms. The van der Waals surface area contributed by atoms with E-state index in [9.17, 15) is 0 Å². The molecule has 0 aliphatic rings. The Hall–Kier alpha value is -1.08. The third-order valence-corrected chi connectivity index (χ3v) is 2.53. The van der Waals surface area contributed by atoms with Crippen LogP contribution >= 0.6 is 0 Å². The molecule has 76 valence electrons. The van der Waals surface area contributed by atoms with Crippen LogP contribution in [-0.4, -0.2) is 12.7 Å². The summed E-state index contributed by atoms with van der Waals surface area (Å²) >= 11 is 0. The summed E-state index contributed by atoms with van der Waals surface area (Å²) in [7, 11) is 1.74. The fourth-order valence-electron chi connectivity index (χ4n) is 1.59. The molecule has 0 saturated carbocycles. The molecular formula is C13H18O. The van der Waals surface area contributed by atoms with Gasteiger partial charge in [0.25, 0.3) is 0 Å². The summed E-state index contributed by atoms with van der Waals surface area (Å²) in [5.74, 6) is 0. The lowest BCUT2D eigenvalue weighted by atomic mass is 9.91. The maximum Gasteiger partial charge on any atom is 0.0874 e. The molecule has 1 rings (SSSR count). The Labute approximate surface area is 86.4 Å². The van der Waals surface area contributed by atoms with Crippen molar-refractivity contribution >= 4 is 5.57 Å². The summed E-state index contributed by atoms with van der Waals surface area (Å²) in [5.41, 5.74) is 2.22. The van der Waals surface area contributed by atoms with Crippen LogP contribution in [0.2, 0.25) is 0 Å². The summed E-state index contributed by atoms with van der Waals surface area (Å²) in [5, 5.41) is 0. The first-order chi connectivity index (χ1) is 6.61. The van der Waals surface area contributed by atoms with E-state index in [0.717, 1.165) is 0 Å². The second-order valence-electron chi connectivity index (χ2n) is 3.78. The molecule has 0 unspecified atom stereocenters. The van der Waals surface area contributed by atoms with E-state index in [2.05, 4.69) is 32.1 Å². The van der Waals surface area contributed by atoms with E-state index in [1.165, 1.54) is 11.1 Å². The third kappa shape index (κ3) is 2.24. The molecule has 0 radical (unpaired) electrons. The van der Waals surface area contributed by atoms with Crippen molar-refractivity contribution in [3.63, 3.8) is 0 Å². The zero-order valence-corrected chi connectivity index (χ0v) is 9.37. The monoisotopic (exact) mass is 190 g/mol. The maximum absolute atomic E-state index is 5.48. The second-order valence-corrected chi connectivity index (χ2v) is 3.78. The summed E-state index contributed by atoms with van der Waals surface area (Å²) in [6.45, 7) is 6.20. The second kappa shape index (κ2) is 4.43. The van der Waals surface area contributed by atoms with Crippen molar-refractivity contribution in [3.05, 3.63) is 42.0 Å². The number of allylic oxidation sites excluding steroid dienone is 1. The number of ether oxygens (including phenoxy) is 1. The van der Waals surface area contributed by atoms with E-state index in [1.807, 2.05) is 25.1 Å². The molecule has 0 aromatic heterocycles. The first kappa shape index (κ1) is 11.0. The molecule has 0 heterocycles. The molecule has 0 aliphatic heterocycles. The smallest absolute Gasteiger partial charge is 0.0874 e. The van der Waals surface area contributed by atoms with E-state index in [4.69, 9.17) is 4.74 Å². The van der Waals surface area contributed by atoms with Gasteiger partial charge < -0.3 is 4.74 Å². The van der Waals surface area contributed by atoms with Crippen molar-refractivity contribution < 1.29 is 4.74 Å². The first-order valence-corrected chi connectivity index (χ1v) is 4.89. The Bertz CT molecular complexity index is 309. The van der Waals surface area contributed by atoms with Crippen molar-refractivity contribution in [2.24, 2.45) is 0 Å². The van der Waals surface area contributed by atoms with Crippen LogP contribution in [0.3, 0.4) is 0 Å². The molecule has 0 fully saturated rings. The molecule has 0 aliphatic carbocycles. The maximum atomic E-state index is 5.48. The largest absolute Gasteiger partial charge is 0.374 e. The number of hydrogen-bond donors (Lipinski definition) is 0. The quantitative estimate of drug-likeness (QED) is 0.708. The molecule has 0 saturated heterocycles. The molecule has 0 amide bonds. The average Bonchev–Trinajstić information content (AvgIpc) is 2.20. The van der Waals surface area contributed by atoms with Crippen LogP contribution in [0.5, 0.6) is 0 Å². The molecule has 0 bridgehead atoms. The summed E-state index contributed by atoms with van der Waals surface area (Å²) < 4.78 is 5.48. The zero-order valence-electron chi connectivity index (χ0n) is 9.37. The molecule has 0 spiro atoms. The van der Waals surface area contributed by atoms with Crippen LogP contribution in [0.15, 0.2) is 36.4 Å². The van der Waals surface area contributed by atoms with Crippen LogP contribution in [0.25, 0.3) is 5.57 Å². The normalized spacial score (nSPS) is 13.0. The topological polar surface area (TPSA) is 9.23 Å². The predicted octanol–water partition coefficient (Wildman–Crippen LogP) is 3.51. The van der Waals surface area contributed by atoms with E-state index in [0.29, 0.717) is 0 Å². The Balaban J connectivity index is 3.07. The van der Waals surface area contributed by atoms with Gasteiger partial charge in [0.05, 0.1) is 5.60 Å². The lowest BCUT2D eigenvalue weighted by Gasteiger charge is -2.26. The number of methoxy groups -OCH3 is 1. The highest BCUT2D eigenvalue weighted by Gasteiger charge is 2.22. The molecule has 1 aromatic rings. The van der Waals surface area contributed by atoms with Crippen molar-refractivity contribution in [2.75, 3.05) is 7.11 Å². The minimum atomic E-state index is -0.226. The van der Waals surface area contributed by atoms with Gasteiger partial charge in [-0.05, 0) is 31.9 Å². The van der Waals surface area contributed by atoms with Crippen molar-refractivity contribution in [1.82, 2.24) is 0 Å². The molecular weight excluding hydrogens is 172 g/mol. The van der Waals surface area contributed by atoms with Gasteiger partial charge in [0.2, 0.25) is 0 Å². The highest BCUT2D eigenvalue weighted by molar-refractivity contribution is 5.71. The highest BCUT2D eigenvalue weighted by atomic mass is 16.5. The third-order valence-electron chi connectivity index (χ3n) is 2.53. The van der Waals surface area contributed by atoms with Gasteiger partial charge in [-0.1, -0.05) is 36.4 Å². The van der Waals surface area contributed by atoms with Crippen LogP contribution in [0.4, 0.5) is 0 Å². The minimum absolute atomic E-state index is 0.226. The predicted molar refractivity (Wildman–Crippen MR) is 61.2 cm³/mol. The summed E-state index contributed by atoms with van der Waals surface area (Å²) in [4.78, 5) is 0. The van der Waals surface area contributed by atoms with Gasteiger partial charge in [-0.3, -0.25) is 0 Å². The molecule has 1 nitrogen and oxygen atoms in total. The Kier molecular flexibility index (Phi) is 3.48. The van der Waals surface area contributed by atoms with Gasteiger partial charge in [0, 0.05) is 7.11 Å². The van der Waals surface area contributed by atoms with E-state index in [1.54, 1.807) is 7.11 Å². The molecule has 1 aromatic carbocycles. The van der Waals surface area contributed by atoms with E-state index < -0.39 is 0 Å². The summed E-state index contributed by atoms with van der Waals surface area (Å²) in [6.07, 6.45) is 2.11. The van der Waals surface area contributed by atoms with Crippen molar-refractivity contribution in [1.29, 1.82) is 0 Å². The van der Waals surface area contributed by atoms with Crippen LogP contribution in [0, 0.1) is 0 Å². The fraction of sp³-hybridized carbons (Fsp3) is 0.385. The summed E-state index contributed by atoms with van der Waals surface area (Å²) in [6, 6.07) is 10.3. The van der Waals surface area contributed by atoms with Crippen molar-refractivity contribution in [2.45, 2.75) is 26.4 Å². The lowest BCUT2D eigenvalue weighted by molar-refractivity contribution is 0.0744. The SMILES string of the molecule is C/C=C(/c1ccccc1)C(C)(C)OC. The lowest BCUT2D eigenvalue weighted by Crippen LogP contribution is -2.24.